The highest BCUT2D eigenvalue weighted by Crippen LogP contribution is 2.26. The molecule has 0 amide bonds. The summed E-state index contributed by atoms with van der Waals surface area (Å²) in [6.45, 7) is 5.72. The van der Waals surface area contributed by atoms with Crippen LogP contribution in [0.2, 0.25) is 0 Å². The fourth-order valence-corrected chi connectivity index (χ4v) is 2.35. The molecular formula is C13H19N3O2. The first-order valence-corrected chi connectivity index (χ1v) is 6.31. The Morgan fingerprint density at radius 1 is 1.39 bits per heavy atom. The maximum Gasteiger partial charge on any atom is 0.272 e. The number of nitro groups is 1. The lowest BCUT2D eigenvalue weighted by molar-refractivity contribution is -0.385. The number of piperidine rings is 1. The van der Waals surface area contributed by atoms with Gasteiger partial charge in [-0.2, -0.15) is 0 Å². The molecule has 1 atom stereocenters. The first-order chi connectivity index (χ1) is 8.58. The second kappa shape index (κ2) is 5.35. The van der Waals surface area contributed by atoms with Gasteiger partial charge < -0.3 is 10.6 Å². The lowest BCUT2D eigenvalue weighted by Gasteiger charge is -2.25. The zero-order chi connectivity index (χ0) is 13.1. The third-order valence-electron chi connectivity index (χ3n) is 3.40. The van der Waals surface area contributed by atoms with Crippen molar-refractivity contribution in [2.24, 2.45) is 0 Å². The van der Waals surface area contributed by atoms with Gasteiger partial charge in [0, 0.05) is 29.9 Å². The normalized spacial score (nSPS) is 19.6. The molecule has 1 aromatic rings. The molecule has 1 unspecified atom stereocenters. The number of hydrogen-bond donors (Lipinski definition) is 2. The van der Waals surface area contributed by atoms with Crippen LogP contribution in [0.25, 0.3) is 0 Å². The van der Waals surface area contributed by atoms with Crippen molar-refractivity contribution in [1.29, 1.82) is 0 Å². The molecule has 18 heavy (non-hydrogen) atoms. The van der Waals surface area contributed by atoms with Crippen molar-refractivity contribution < 1.29 is 4.92 Å². The highest BCUT2D eigenvalue weighted by Gasteiger charge is 2.17. The Hall–Kier alpha value is -1.62. The summed E-state index contributed by atoms with van der Waals surface area (Å²) in [4.78, 5) is 10.5. The molecule has 98 valence electrons. The van der Waals surface area contributed by atoms with E-state index in [1.807, 2.05) is 13.0 Å². The SMILES string of the molecule is Cc1cc([N+](=O)[O-])c(C)cc1NC1CCCNC1. The van der Waals surface area contributed by atoms with E-state index in [4.69, 9.17) is 0 Å². The highest BCUT2D eigenvalue weighted by atomic mass is 16.6. The molecule has 0 bridgehead atoms. The molecule has 1 heterocycles. The maximum atomic E-state index is 10.9. The average molecular weight is 249 g/mol. The van der Waals surface area contributed by atoms with Gasteiger partial charge in [-0.3, -0.25) is 10.1 Å². The molecule has 0 spiro atoms. The molecule has 0 radical (unpaired) electrons. The number of benzene rings is 1. The van der Waals surface area contributed by atoms with Gasteiger partial charge in [-0.25, -0.2) is 0 Å². The van der Waals surface area contributed by atoms with Crippen LogP contribution in [0.15, 0.2) is 12.1 Å². The smallest absolute Gasteiger partial charge is 0.272 e. The Bertz CT molecular complexity index is 454. The van der Waals surface area contributed by atoms with Crippen molar-refractivity contribution in [3.8, 4) is 0 Å². The molecule has 5 heteroatoms. The highest BCUT2D eigenvalue weighted by molar-refractivity contribution is 5.59. The average Bonchev–Trinajstić information content (AvgIpc) is 2.34. The third kappa shape index (κ3) is 2.79. The molecule has 1 saturated heterocycles. The van der Waals surface area contributed by atoms with Crippen LogP contribution in [0.5, 0.6) is 0 Å². The number of nitrogens with zero attached hydrogens (tertiary/aromatic N) is 1. The van der Waals surface area contributed by atoms with Crippen LogP contribution in [-0.2, 0) is 0 Å². The second-order valence-electron chi connectivity index (χ2n) is 4.90. The lowest BCUT2D eigenvalue weighted by atomic mass is 10.0. The van der Waals surface area contributed by atoms with E-state index in [2.05, 4.69) is 10.6 Å². The second-order valence-corrected chi connectivity index (χ2v) is 4.90. The van der Waals surface area contributed by atoms with Crippen LogP contribution >= 0.6 is 0 Å². The fraction of sp³-hybridized carbons (Fsp3) is 0.538. The Morgan fingerprint density at radius 2 is 2.17 bits per heavy atom. The van der Waals surface area contributed by atoms with Gasteiger partial charge in [0.05, 0.1) is 4.92 Å². The van der Waals surface area contributed by atoms with E-state index in [1.54, 1.807) is 13.0 Å². The Labute approximate surface area is 107 Å². The summed E-state index contributed by atoms with van der Waals surface area (Å²) in [5, 5.41) is 17.7. The molecule has 1 fully saturated rings. The van der Waals surface area contributed by atoms with Crippen LogP contribution in [-0.4, -0.2) is 24.1 Å². The van der Waals surface area contributed by atoms with E-state index in [1.165, 1.54) is 6.42 Å². The van der Waals surface area contributed by atoms with E-state index >= 15 is 0 Å². The van der Waals surface area contributed by atoms with E-state index < -0.39 is 0 Å². The molecule has 1 aliphatic rings. The summed E-state index contributed by atoms with van der Waals surface area (Å²) < 4.78 is 0. The van der Waals surface area contributed by atoms with Crippen molar-refractivity contribution in [3.05, 3.63) is 33.4 Å². The van der Waals surface area contributed by atoms with Gasteiger partial charge in [0.15, 0.2) is 0 Å². The van der Waals surface area contributed by atoms with Gasteiger partial charge in [-0.1, -0.05) is 0 Å². The lowest BCUT2D eigenvalue weighted by Crippen LogP contribution is -2.38. The minimum absolute atomic E-state index is 0.194. The minimum Gasteiger partial charge on any atom is -0.381 e. The summed E-state index contributed by atoms with van der Waals surface area (Å²) >= 11 is 0. The van der Waals surface area contributed by atoms with Gasteiger partial charge in [0.25, 0.3) is 5.69 Å². The molecule has 1 aliphatic heterocycles. The molecule has 1 aromatic carbocycles. The largest absolute Gasteiger partial charge is 0.381 e. The van der Waals surface area contributed by atoms with Crippen molar-refractivity contribution in [2.75, 3.05) is 18.4 Å². The topological polar surface area (TPSA) is 67.2 Å². The first kappa shape index (κ1) is 12.8. The number of nitro benzene ring substituents is 1. The zero-order valence-corrected chi connectivity index (χ0v) is 10.8. The summed E-state index contributed by atoms with van der Waals surface area (Å²) in [5.74, 6) is 0. The maximum absolute atomic E-state index is 10.9. The quantitative estimate of drug-likeness (QED) is 0.637. The van der Waals surface area contributed by atoms with Crippen LogP contribution < -0.4 is 10.6 Å². The van der Waals surface area contributed by atoms with Gasteiger partial charge in [0.2, 0.25) is 0 Å². The Morgan fingerprint density at radius 3 is 2.78 bits per heavy atom. The molecule has 0 aliphatic carbocycles. The third-order valence-corrected chi connectivity index (χ3v) is 3.40. The predicted molar refractivity (Wildman–Crippen MR) is 72.1 cm³/mol. The number of aryl methyl sites for hydroxylation is 2. The van der Waals surface area contributed by atoms with E-state index in [0.29, 0.717) is 11.6 Å². The van der Waals surface area contributed by atoms with E-state index in [0.717, 1.165) is 30.8 Å². The standard InChI is InChI=1S/C13H19N3O2/c1-9-7-13(16(17)18)10(2)6-12(9)15-11-4-3-5-14-8-11/h6-7,11,14-15H,3-5,8H2,1-2H3. The monoisotopic (exact) mass is 249 g/mol. The predicted octanol–water partition coefficient (Wildman–Crippen LogP) is 2.38. The van der Waals surface area contributed by atoms with Gasteiger partial charge >= 0.3 is 0 Å². The van der Waals surface area contributed by atoms with Crippen molar-refractivity contribution in [2.45, 2.75) is 32.7 Å². The molecule has 0 saturated carbocycles. The molecule has 2 N–H and O–H groups in total. The Balaban J connectivity index is 2.18. The molecular weight excluding hydrogens is 230 g/mol. The van der Waals surface area contributed by atoms with E-state index in [9.17, 15) is 10.1 Å². The van der Waals surface area contributed by atoms with Crippen molar-refractivity contribution in [1.82, 2.24) is 5.32 Å². The zero-order valence-electron chi connectivity index (χ0n) is 10.8. The number of hydrogen-bond acceptors (Lipinski definition) is 4. The summed E-state index contributed by atoms with van der Waals surface area (Å²) in [6.07, 6.45) is 2.31. The fourth-order valence-electron chi connectivity index (χ4n) is 2.35. The van der Waals surface area contributed by atoms with E-state index in [-0.39, 0.29) is 10.6 Å². The summed E-state index contributed by atoms with van der Waals surface area (Å²) in [7, 11) is 0. The summed E-state index contributed by atoms with van der Waals surface area (Å²) in [6, 6.07) is 3.94. The van der Waals surface area contributed by atoms with Crippen molar-refractivity contribution in [3.63, 3.8) is 0 Å². The summed E-state index contributed by atoms with van der Waals surface area (Å²) in [5.41, 5.74) is 2.83. The molecule has 5 nitrogen and oxygen atoms in total. The van der Waals surface area contributed by atoms with Crippen LogP contribution in [0.4, 0.5) is 11.4 Å². The number of nitrogens with one attached hydrogen (secondary N) is 2. The van der Waals surface area contributed by atoms with Gasteiger partial charge in [-0.15, -0.1) is 0 Å². The van der Waals surface area contributed by atoms with Crippen molar-refractivity contribution >= 4 is 11.4 Å². The minimum atomic E-state index is -0.325. The van der Waals surface area contributed by atoms with Gasteiger partial charge in [0.1, 0.15) is 0 Å². The van der Waals surface area contributed by atoms with Crippen LogP contribution in [0, 0.1) is 24.0 Å². The number of anilines is 1. The Kier molecular flexibility index (Phi) is 3.81. The van der Waals surface area contributed by atoms with Crippen LogP contribution in [0.1, 0.15) is 24.0 Å². The van der Waals surface area contributed by atoms with Crippen LogP contribution in [0.3, 0.4) is 0 Å². The molecule has 2 rings (SSSR count). The molecule has 0 aromatic heterocycles. The van der Waals surface area contributed by atoms with Gasteiger partial charge in [-0.05, 0) is 44.9 Å². The number of rotatable bonds is 3. The first-order valence-electron chi connectivity index (χ1n) is 6.31.